The predicted octanol–water partition coefficient (Wildman–Crippen LogP) is 10.5. The van der Waals surface area contributed by atoms with Crippen LogP contribution in [0.2, 0.25) is 0 Å². The Balaban J connectivity index is 0.000000191. The molecule has 0 unspecified atom stereocenters. The average molecular weight is 875 g/mol. The van der Waals surface area contributed by atoms with Crippen molar-refractivity contribution in [2.75, 3.05) is 27.3 Å². The van der Waals surface area contributed by atoms with Crippen LogP contribution in [0.1, 0.15) is 85.3 Å². The Labute approximate surface area is 370 Å². The zero-order chi connectivity index (χ0) is 45.7. The highest BCUT2D eigenvalue weighted by Crippen LogP contribution is 2.34. The van der Waals surface area contributed by atoms with Gasteiger partial charge in [-0.3, -0.25) is 9.59 Å². The molecule has 0 N–H and O–H groups in total. The number of nitrogens with zero attached hydrogens (tertiary/aromatic N) is 6. The number of piperidine rings is 2. The highest BCUT2D eigenvalue weighted by molar-refractivity contribution is 5.99. The minimum absolute atomic E-state index is 0.166. The molecule has 332 valence electrons. The lowest BCUT2D eigenvalue weighted by Gasteiger charge is -2.34. The first-order chi connectivity index (χ1) is 30.7. The van der Waals surface area contributed by atoms with Crippen LogP contribution in [0.4, 0.5) is 17.6 Å². The van der Waals surface area contributed by atoms with E-state index in [0.717, 1.165) is 83.1 Å². The number of imidazole rings is 2. The summed E-state index contributed by atoms with van der Waals surface area (Å²) in [7, 11) is 3.20. The SMILES string of the molecule is COc1cc(/C=C2\CCCN([C@@H](C)c3cc(F)ccc3F)C2=O)ccc1-n1cnc(C)c1.COc1cc(/C=C2\CCCN([C@H](C)c3cc(F)ccc3F)C2=O)ccc1-n1cnc(C)c1. The van der Waals surface area contributed by atoms with Gasteiger partial charge in [-0.15, -0.1) is 0 Å². The van der Waals surface area contributed by atoms with Crippen LogP contribution in [-0.4, -0.2) is 68.0 Å². The Hall–Kier alpha value is -6.96. The Morgan fingerprint density at radius 2 is 1.00 bits per heavy atom. The molecule has 0 bridgehead atoms. The largest absolute Gasteiger partial charge is 0.495 e. The van der Waals surface area contributed by atoms with Crippen molar-refractivity contribution in [3.05, 3.63) is 166 Å². The van der Waals surface area contributed by atoms with Gasteiger partial charge in [-0.05, 0) is 137 Å². The van der Waals surface area contributed by atoms with E-state index >= 15 is 0 Å². The number of halogens is 4. The predicted molar refractivity (Wildman–Crippen MR) is 237 cm³/mol. The monoisotopic (exact) mass is 874 g/mol. The second kappa shape index (κ2) is 19.6. The molecule has 0 spiro atoms. The maximum absolute atomic E-state index is 14.3. The third-order valence-corrected chi connectivity index (χ3v) is 11.6. The summed E-state index contributed by atoms with van der Waals surface area (Å²) in [5.74, 6) is -1.08. The van der Waals surface area contributed by atoms with E-state index in [0.29, 0.717) is 48.6 Å². The minimum Gasteiger partial charge on any atom is -0.495 e. The Kier molecular flexibility index (Phi) is 13.8. The number of amides is 2. The topological polar surface area (TPSA) is 94.7 Å². The summed E-state index contributed by atoms with van der Waals surface area (Å²) in [6, 6.07) is 17.0. The van der Waals surface area contributed by atoms with E-state index in [1.807, 2.05) is 83.9 Å². The molecular weight excluding hydrogens is 825 g/mol. The van der Waals surface area contributed by atoms with Gasteiger partial charge in [-0.2, -0.15) is 0 Å². The second-order valence-corrected chi connectivity index (χ2v) is 15.9. The van der Waals surface area contributed by atoms with Crippen LogP contribution in [0.25, 0.3) is 23.5 Å². The summed E-state index contributed by atoms with van der Waals surface area (Å²) >= 11 is 0. The number of hydrogen-bond donors (Lipinski definition) is 0. The van der Waals surface area contributed by atoms with E-state index in [2.05, 4.69) is 9.97 Å². The third-order valence-electron chi connectivity index (χ3n) is 11.6. The first kappa shape index (κ1) is 45.1. The van der Waals surface area contributed by atoms with Gasteiger partial charge in [0.15, 0.2) is 0 Å². The maximum atomic E-state index is 14.3. The normalized spacial score (nSPS) is 16.5. The highest BCUT2D eigenvalue weighted by atomic mass is 19.1. The van der Waals surface area contributed by atoms with Gasteiger partial charge in [0.2, 0.25) is 11.8 Å². The number of aryl methyl sites for hydroxylation is 2. The molecule has 10 nitrogen and oxygen atoms in total. The molecule has 2 aromatic heterocycles. The fourth-order valence-corrected chi connectivity index (χ4v) is 8.18. The van der Waals surface area contributed by atoms with E-state index in [-0.39, 0.29) is 22.9 Å². The van der Waals surface area contributed by atoms with Crippen LogP contribution in [0, 0.1) is 37.1 Å². The van der Waals surface area contributed by atoms with Gasteiger partial charge in [-0.25, -0.2) is 27.5 Å². The highest BCUT2D eigenvalue weighted by Gasteiger charge is 2.31. The Morgan fingerprint density at radius 1 is 0.594 bits per heavy atom. The fraction of sp³-hybridized carbons (Fsp3) is 0.280. The quantitative estimate of drug-likeness (QED) is 0.101. The zero-order valence-electron chi connectivity index (χ0n) is 36.6. The number of likely N-dealkylation sites (tertiary alicyclic amines) is 2. The number of carbonyl (C=O) groups excluding carboxylic acids is 2. The number of benzene rings is 4. The van der Waals surface area contributed by atoms with Gasteiger partial charge in [-0.1, -0.05) is 12.1 Å². The summed E-state index contributed by atoms with van der Waals surface area (Å²) < 4.78 is 70.7. The summed E-state index contributed by atoms with van der Waals surface area (Å²) in [5, 5.41) is 0. The van der Waals surface area contributed by atoms with E-state index in [9.17, 15) is 27.2 Å². The van der Waals surface area contributed by atoms with Gasteiger partial charge in [0.25, 0.3) is 0 Å². The number of carbonyl (C=O) groups is 2. The van der Waals surface area contributed by atoms with Gasteiger partial charge in [0.05, 0.1) is 61.7 Å². The molecule has 6 aromatic rings. The molecule has 2 fully saturated rings. The number of aromatic nitrogens is 4. The van der Waals surface area contributed by atoms with Crippen molar-refractivity contribution in [1.29, 1.82) is 0 Å². The average Bonchev–Trinajstić information content (AvgIpc) is 3.94. The molecule has 4 heterocycles. The van der Waals surface area contributed by atoms with Crippen molar-refractivity contribution in [2.24, 2.45) is 0 Å². The first-order valence-electron chi connectivity index (χ1n) is 21.1. The summed E-state index contributed by atoms with van der Waals surface area (Å²) in [4.78, 5) is 38.1. The molecule has 2 saturated heterocycles. The number of hydrogen-bond acceptors (Lipinski definition) is 6. The molecule has 0 radical (unpaired) electrons. The van der Waals surface area contributed by atoms with Crippen LogP contribution in [0.3, 0.4) is 0 Å². The van der Waals surface area contributed by atoms with Gasteiger partial charge >= 0.3 is 0 Å². The lowest BCUT2D eigenvalue weighted by atomic mass is 9.97. The lowest BCUT2D eigenvalue weighted by molar-refractivity contribution is -0.131. The minimum atomic E-state index is -0.566. The van der Waals surface area contributed by atoms with Crippen LogP contribution in [0.5, 0.6) is 11.5 Å². The van der Waals surface area contributed by atoms with E-state index < -0.39 is 35.4 Å². The number of rotatable bonds is 10. The second-order valence-electron chi connectivity index (χ2n) is 15.9. The van der Waals surface area contributed by atoms with Gasteiger partial charge in [0.1, 0.15) is 34.8 Å². The lowest BCUT2D eigenvalue weighted by Crippen LogP contribution is -2.39. The summed E-state index contributed by atoms with van der Waals surface area (Å²) in [6.45, 7) is 8.27. The van der Waals surface area contributed by atoms with Gasteiger partial charge < -0.3 is 28.4 Å². The van der Waals surface area contributed by atoms with Crippen molar-refractivity contribution in [1.82, 2.24) is 28.9 Å². The molecule has 0 saturated carbocycles. The number of ether oxygens (including phenoxy) is 2. The third kappa shape index (κ3) is 9.96. The molecule has 0 aliphatic carbocycles. The van der Waals surface area contributed by atoms with Crippen LogP contribution in [-0.2, 0) is 9.59 Å². The number of methoxy groups -OCH3 is 2. The maximum Gasteiger partial charge on any atom is 0.250 e. The van der Waals surface area contributed by atoms with Gasteiger partial charge in [0, 0.05) is 47.8 Å². The molecule has 8 rings (SSSR count). The fourth-order valence-electron chi connectivity index (χ4n) is 8.18. The molecule has 4 aromatic carbocycles. The molecule has 64 heavy (non-hydrogen) atoms. The smallest absolute Gasteiger partial charge is 0.250 e. The van der Waals surface area contributed by atoms with Crippen LogP contribution < -0.4 is 9.47 Å². The van der Waals surface area contributed by atoms with Crippen LogP contribution in [0.15, 0.2) is 109 Å². The summed E-state index contributed by atoms with van der Waals surface area (Å²) in [5.41, 5.74) is 6.78. The Bertz CT molecular complexity index is 2560. The standard InChI is InChI=1S/2C25H25F2N3O2/c2*1-16-14-29(15-28-16)23-9-6-18(12-24(23)32-3)11-19-5-4-10-30(25(19)31)17(2)21-13-20(26)7-8-22(21)27/h2*6-9,11-15,17H,4-5,10H2,1-3H3/b2*19-11+/t2*17-/m10/s1. The van der Waals surface area contributed by atoms with Crippen molar-refractivity contribution in [3.8, 4) is 22.9 Å². The molecule has 14 heteroatoms. The Morgan fingerprint density at radius 3 is 1.36 bits per heavy atom. The van der Waals surface area contributed by atoms with E-state index in [1.165, 1.54) is 0 Å². The molecule has 2 amide bonds. The van der Waals surface area contributed by atoms with Crippen molar-refractivity contribution >= 4 is 24.0 Å². The zero-order valence-corrected chi connectivity index (χ0v) is 36.6. The van der Waals surface area contributed by atoms with Crippen LogP contribution >= 0.6 is 0 Å². The molecule has 2 aliphatic heterocycles. The van der Waals surface area contributed by atoms with Crippen molar-refractivity contribution in [3.63, 3.8) is 0 Å². The molecule has 2 atom stereocenters. The van der Waals surface area contributed by atoms with Crippen molar-refractivity contribution < 1.29 is 36.6 Å². The van der Waals surface area contributed by atoms with E-state index in [4.69, 9.17) is 9.47 Å². The van der Waals surface area contributed by atoms with Crippen molar-refractivity contribution in [2.45, 2.75) is 65.5 Å². The first-order valence-corrected chi connectivity index (χ1v) is 21.1. The molecular formula is C50H50F4N6O4. The molecule has 2 aliphatic rings. The van der Waals surface area contributed by atoms with E-state index in [1.54, 1.807) is 50.5 Å². The summed E-state index contributed by atoms with van der Waals surface area (Å²) in [6.07, 6.45) is 13.7.